The van der Waals surface area contributed by atoms with Crippen LogP contribution in [0, 0.1) is 5.82 Å². The van der Waals surface area contributed by atoms with E-state index in [0.717, 1.165) is 11.3 Å². The lowest BCUT2D eigenvalue weighted by molar-refractivity contribution is 0.226. The first kappa shape index (κ1) is 11.5. The highest BCUT2D eigenvalue weighted by Gasteiger charge is 2.06. The second-order valence-corrected chi connectivity index (χ2v) is 3.88. The van der Waals surface area contributed by atoms with E-state index in [1.54, 1.807) is 12.1 Å². The molecule has 0 aliphatic carbocycles. The third-order valence-corrected chi connectivity index (χ3v) is 2.53. The lowest BCUT2D eigenvalue weighted by Crippen LogP contribution is -2.03. The van der Waals surface area contributed by atoms with Gasteiger partial charge in [-0.2, -0.15) is 0 Å². The van der Waals surface area contributed by atoms with Crippen LogP contribution in [0.25, 0.3) is 0 Å². The second-order valence-electron chi connectivity index (χ2n) is 3.88. The van der Waals surface area contributed by atoms with E-state index < -0.39 is 0 Å². The molecule has 0 radical (unpaired) electrons. The van der Waals surface area contributed by atoms with Crippen molar-refractivity contribution in [3.05, 3.63) is 59.9 Å². The standard InChI is InChI=1S/C14H14FNO/c1-10(11-2-6-13(16)7-3-11)17-14-8-4-12(15)5-9-14/h2-10H,16H2,1H3. The SMILES string of the molecule is CC(Oc1ccc(F)cc1)c1ccc(N)cc1. The van der Waals surface area contributed by atoms with Crippen molar-refractivity contribution < 1.29 is 9.13 Å². The predicted molar refractivity (Wildman–Crippen MR) is 66.3 cm³/mol. The van der Waals surface area contributed by atoms with Crippen LogP contribution in [-0.4, -0.2) is 0 Å². The summed E-state index contributed by atoms with van der Waals surface area (Å²) >= 11 is 0. The molecule has 2 aromatic rings. The van der Waals surface area contributed by atoms with E-state index >= 15 is 0 Å². The van der Waals surface area contributed by atoms with E-state index in [1.807, 2.05) is 31.2 Å². The summed E-state index contributed by atoms with van der Waals surface area (Å²) in [7, 11) is 0. The fourth-order valence-electron chi connectivity index (χ4n) is 1.55. The Morgan fingerprint density at radius 2 is 1.59 bits per heavy atom. The molecule has 1 atom stereocenters. The number of hydrogen-bond donors (Lipinski definition) is 1. The van der Waals surface area contributed by atoms with Gasteiger partial charge in [0, 0.05) is 5.69 Å². The fraction of sp³-hybridized carbons (Fsp3) is 0.143. The summed E-state index contributed by atoms with van der Waals surface area (Å²) in [5.74, 6) is 0.383. The van der Waals surface area contributed by atoms with E-state index in [-0.39, 0.29) is 11.9 Å². The summed E-state index contributed by atoms with van der Waals surface area (Å²) in [5, 5.41) is 0. The van der Waals surface area contributed by atoms with Crippen LogP contribution in [-0.2, 0) is 0 Å². The summed E-state index contributed by atoms with van der Waals surface area (Å²) in [6, 6.07) is 13.5. The molecule has 88 valence electrons. The molecule has 3 heteroatoms. The molecule has 0 spiro atoms. The molecule has 2 nitrogen and oxygen atoms in total. The Kier molecular flexibility index (Phi) is 3.28. The minimum absolute atomic E-state index is 0.0962. The monoisotopic (exact) mass is 231 g/mol. The van der Waals surface area contributed by atoms with Crippen LogP contribution in [0.15, 0.2) is 48.5 Å². The smallest absolute Gasteiger partial charge is 0.123 e. The van der Waals surface area contributed by atoms with E-state index in [9.17, 15) is 4.39 Å². The fourth-order valence-corrected chi connectivity index (χ4v) is 1.55. The normalized spacial score (nSPS) is 12.1. The van der Waals surface area contributed by atoms with Gasteiger partial charge in [-0.25, -0.2) is 4.39 Å². The third kappa shape index (κ3) is 2.97. The maximum atomic E-state index is 12.7. The van der Waals surface area contributed by atoms with Gasteiger partial charge in [-0.05, 0) is 48.9 Å². The Morgan fingerprint density at radius 3 is 2.18 bits per heavy atom. The van der Waals surface area contributed by atoms with E-state index in [4.69, 9.17) is 10.5 Å². The zero-order valence-corrected chi connectivity index (χ0v) is 9.56. The number of ether oxygens (including phenoxy) is 1. The molecular weight excluding hydrogens is 217 g/mol. The average molecular weight is 231 g/mol. The van der Waals surface area contributed by atoms with Crippen LogP contribution in [0.3, 0.4) is 0 Å². The number of nitrogen functional groups attached to an aromatic ring is 1. The quantitative estimate of drug-likeness (QED) is 0.820. The zero-order valence-electron chi connectivity index (χ0n) is 9.56. The first-order valence-corrected chi connectivity index (χ1v) is 5.43. The van der Waals surface area contributed by atoms with Gasteiger partial charge in [-0.1, -0.05) is 12.1 Å². The molecule has 2 aromatic carbocycles. The van der Waals surface area contributed by atoms with Crippen LogP contribution in [0.4, 0.5) is 10.1 Å². The van der Waals surface area contributed by atoms with Crippen molar-refractivity contribution in [2.45, 2.75) is 13.0 Å². The van der Waals surface area contributed by atoms with Gasteiger partial charge < -0.3 is 10.5 Å². The van der Waals surface area contributed by atoms with Crippen molar-refractivity contribution in [1.82, 2.24) is 0 Å². The van der Waals surface area contributed by atoms with Crippen molar-refractivity contribution in [2.75, 3.05) is 5.73 Å². The van der Waals surface area contributed by atoms with Crippen molar-refractivity contribution in [1.29, 1.82) is 0 Å². The highest BCUT2D eigenvalue weighted by Crippen LogP contribution is 2.22. The van der Waals surface area contributed by atoms with Crippen LogP contribution in [0.2, 0.25) is 0 Å². The first-order chi connectivity index (χ1) is 8.15. The minimum Gasteiger partial charge on any atom is -0.486 e. The molecule has 17 heavy (non-hydrogen) atoms. The largest absolute Gasteiger partial charge is 0.486 e. The average Bonchev–Trinajstić information content (AvgIpc) is 2.33. The van der Waals surface area contributed by atoms with Gasteiger partial charge >= 0.3 is 0 Å². The lowest BCUT2D eigenvalue weighted by Gasteiger charge is -2.15. The van der Waals surface area contributed by atoms with Crippen molar-refractivity contribution in [3.63, 3.8) is 0 Å². The molecular formula is C14H14FNO. The number of benzene rings is 2. The molecule has 0 fully saturated rings. The van der Waals surface area contributed by atoms with E-state index in [1.165, 1.54) is 12.1 Å². The Bertz CT molecular complexity index is 479. The highest BCUT2D eigenvalue weighted by molar-refractivity contribution is 5.40. The maximum Gasteiger partial charge on any atom is 0.123 e. The Balaban J connectivity index is 2.08. The van der Waals surface area contributed by atoms with Gasteiger partial charge in [0.15, 0.2) is 0 Å². The molecule has 0 saturated heterocycles. The number of hydrogen-bond acceptors (Lipinski definition) is 2. The summed E-state index contributed by atoms with van der Waals surface area (Å²) in [6.07, 6.45) is -0.0962. The summed E-state index contributed by atoms with van der Waals surface area (Å²) in [6.45, 7) is 1.94. The van der Waals surface area contributed by atoms with Gasteiger partial charge in [-0.15, -0.1) is 0 Å². The lowest BCUT2D eigenvalue weighted by atomic mass is 10.1. The Labute approximate surface area is 99.8 Å². The van der Waals surface area contributed by atoms with E-state index in [2.05, 4.69) is 0 Å². The van der Waals surface area contributed by atoms with Crippen molar-refractivity contribution >= 4 is 5.69 Å². The van der Waals surface area contributed by atoms with Crippen LogP contribution in [0.5, 0.6) is 5.75 Å². The van der Waals surface area contributed by atoms with Crippen LogP contribution in [0.1, 0.15) is 18.6 Å². The van der Waals surface area contributed by atoms with Gasteiger partial charge in [0.25, 0.3) is 0 Å². The minimum atomic E-state index is -0.266. The first-order valence-electron chi connectivity index (χ1n) is 5.43. The van der Waals surface area contributed by atoms with Gasteiger partial charge in [0.05, 0.1) is 0 Å². The topological polar surface area (TPSA) is 35.2 Å². The molecule has 0 amide bonds. The predicted octanol–water partition coefficient (Wildman–Crippen LogP) is 3.55. The molecule has 0 saturated carbocycles. The summed E-state index contributed by atoms with van der Waals surface area (Å²) in [5.41, 5.74) is 7.37. The molecule has 0 heterocycles. The number of nitrogens with two attached hydrogens (primary N) is 1. The van der Waals surface area contributed by atoms with Gasteiger partial charge in [0.2, 0.25) is 0 Å². The Hall–Kier alpha value is -2.03. The van der Waals surface area contributed by atoms with E-state index in [0.29, 0.717) is 5.75 Å². The van der Waals surface area contributed by atoms with Crippen molar-refractivity contribution in [2.24, 2.45) is 0 Å². The number of halogens is 1. The van der Waals surface area contributed by atoms with Gasteiger partial charge in [-0.3, -0.25) is 0 Å². The summed E-state index contributed by atoms with van der Waals surface area (Å²) < 4.78 is 18.4. The molecule has 2 rings (SSSR count). The molecule has 0 bridgehead atoms. The van der Waals surface area contributed by atoms with Crippen LogP contribution < -0.4 is 10.5 Å². The number of rotatable bonds is 3. The molecule has 0 aliphatic rings. The van der Waals surface area contributed by atoms with Gasteiger partial charge in [0.1, 0.15) is 17.7 Å². The second kappa shape index (κ2) is 4.87. The Morgan fingerprint density at radius 1 is 1.00 bits per heavy atom. The highest BCUT2D eigenvalue weighted by atomic mass is 19.1. The van der Waals surface area contributed by atoms with Crippen molar-refractivity contribution in [3.8, 4) is 5.75 Å². The number of anilines is 1. The van der Waals surface area contributed by atoms with Crippen LogP contribution >= 0.6 is 0 Å². The zero-order chi connectivity index (χ0) is 12.3. The maximum absolute atomic E-state index is 12.7. The third-order valence-electron chi connectivity index (χ3n) is 2.53. The molecule has 0 aromatic heterocycles. The molecule has 2 N–H and O–H groups in total. The summed E-state index contributed by atoms with van der Waals surface area (Å²) in [4.78, 5) is 0. The molecule has 1 unspecified atom stereocenters. The molecule has 0 aliphatic heterocycles.